The van der Waals surface area contributed by atoms with Gasteiger partial charge in [0.1, 0.15) is 17.7 Å². The minimum atomic E-state index is -0.848. The second kappa shape index (κ2) is 11.3. The smallest absolute Gasteiger partial charge is 0.247 e. The van der Waals surface area contributed by atoms with Crippen molar-refractivity contribution in [3.8, 4) is 0 Å². The molecule has 0 unspecified atom stereocenters. The van der Waals surface area contributed by atoms with E-state index in [4.69, 9.17) is 11.6 Å². The molecule has 6 heteroatoms. The third-order valence-corrected chi connectivity index (χ3v) is 6.12. The van der Waals surface area contributed by atoms with Crippen LogP contribution in [-0.4, -0.2) is 35.2 Å². The van der Waals surface area contributed by atoms with Crippen molar-refractivity contribution in [2.45, 2.75) is 57.5 Å². The topological polar surface area (TPSA) is 49.4 Å². The van der Waals surface area contributed by atoms with Gasteiger partial charge in [0.2, 0.25) is 11.8 Å². The quantitative estimate of drug-likeness (QED) is 0.586. The molecular weight excluding hydrogens is 415 g/mol. The summed E-state index contributed by atoms with van der Waals surface area (Å²) in [5.41, 5.74) is 2.81. The van der Waals surface area contributed by atoms with Crippen molar-refractivity contribution >= 4 is 23.4 Å². The molecule has 1 atom stereocenters. The van der Waals surface area contributed by atoms with Crippen LogP contribution in [0.15, 0.2) is 48.5 Å². The van der Waals surface area contributed by atoms with Gasteiger partial charge in [-0.25, -0.2) is 4.39 Å². The second-order valence-electron chi connectivity index (χ2n) is 8.25. The highest BCUT2D eigenvalue weighted by Gasteiger charge is 2.32. The Morgan fingerprint density at radius 1 is 1.06 bits per heavy atom. The fourth-order valence-corrected chi connectivity index (χ4v) is 4.28. The normalized spacial score (nSPS) is 15.3. The van der Waals surface area contributed by atoms with Crippen molar-refractivity contribution in [3.63, 3.8) is 0 Å². The Morgan fingerprint density at radius 2 is 1.71 bits per heavy atom. The third-order valence-electron chi connectivity index (χ3n) is 5.89. The SMILES string of the molecule is Cc1ccc(CCN(C(=O)CCl)[C@@H](C(=O)NC2CCCCC2)c2ccc(F)cc2)cc1. The van der Waals surface area contributed by atoms with E-state index in [1.54, 1.807) is 12.1 Å². The molecule has 1 fully saturated rings. The largest absolute Gasteiger partial charge is 0.351 e. The third kappa shape index (κ3) is 6.54. The molecule has 4 nitrogen and oxygen atoms in total. The van der Waals surface area contributed by atoms with E-state index in [9.17, 15) is 14.0 Å². The number of hydrogen-bond acceptors (Lipinski definition) is 2. The number of hydrogen-bond donors (Lipinski definition) is 1. The zero-order valence-corrected chi connectivity index (χ0v) is 18.7. The first-order chi connectivity index (χ1) is 15.0. The predicted octanol–water partition coefficient (Wildman–Crippen LogP) is 4.93. The van der Waals surface area contributed by atoms with E-state index in [2.05, 4.69) is 5.32 Å². The zero-order chi connectivity index (χ0) is 22.2. The van der Waals surface area contributed by atoms with Crippen LogP contribution in [0.5, 0.6) is 0 Å². The molecule has 0 radical (unpaired) electrons. The summed E-state index contributed by atoms with van der Waals surface area (Å²) in [6, 6.07) is 13.1. The van der Waals surface area contributed by atoms with E-state index in [1.165, 1.54) is 23.5 Å². The fourth-order valence-electron chi connectivity index (χ4n) is 4.12. The van der Waals surface area contributed by atoms with Crippen LogP contribution in [0.4, 0.5) is 4.39 Å². The molecular formula is C25H30ClFN2O2. The minimum absolute atomic E-state index is 0.106. The zero-order valence-electron chi connectivity index (χ0n) is 17.9. The van der Waals surface area contributed by atoms with Crippen LogP contribution in [0.2, 0.25) is 0 Å². The summed E-state index contributed by atoms with van der Waals surface area (Å²) in [6.07, 6.45) is 5.83. The molecule has 1 aliphatic rings. The van der Waals surface area contributed by atoms with E-state index >= 15 is 0 Å². The maximum atomic E-state index is 13.5. The Kier molecular flexibility index (Phi) is 8.47. The van der Waals surface area contributed by atoms with Crippen LogP contribution >= 0.6 is 11.6 Å². The Labute approximate surface area is 188 Å². The number of aryl methyl sites for hydroxylation is 1. The van der Waals surface area contributed by atoms with Gasteiger partial charge in [-0.1, -0.05) is 61.2 Å². The molecule has 1 N–H and O–H groups in total. The average Bonchev–Trinajstić information content (AvgIpc) is 2.78. The van der Waals surface area contributed by atoms with Crippen molar-refractivity contribution in [3.05, 3.63) is 71.0 Å². The first kappa shape index (κ1) is 23.3. The van der Waals surface area contributed by atoms with E-state index in [0.29, 0.717) is 18.5 Å². The number of rotatable bonds is 8. The second-order valence-corrected chi connectivity index (χ2v) is 8.52. The lowest BCUT2D eigenvalue weighted by Crippen LogP contribution is -2.48. The highest BCUT2D eigenvalue weighted by Crippen LogP contribution is 2.25. The van der Waals surface area contributed by atoms with Gasteiger partial charge in [0.05, 0.1) is 0 Å². The lowest BCUT2D eigenvalue weighted by Gasteiger charge is -2.33. The summed E-state index contributed by atoms with van der Waals surface area (Å²) in [6.45, 7) is 2.36. The van der Waals surface area contributed by atoms with Crippen molar-refractivity contribution in [2.75, 3.05) is 12.4 Å². The van der Waals surface area contributed by atoms with Crippen molar-refractivity contribution in [1.29, 1.82) is 0 Å². The summed E-state index contributed by atoms with van der Waals surface area (Å²) in [5.74, 6) is -1.16. The van der Waals surface area contributed by atoms with Crippen LogP contribution in [0.1, 0.15) is 54.8 Å². The fraction of sp³-hybridized carbons (Fsp3) is 0.440. The number of benzene rings is 2. The molecule has 0 aliphatic heterocycles. The molecule has 2 aromatic rings. The molecule has 1 aliphatic carbocycles. The van der Waals surface area contributed by atoms with Gasteiger partial charge in [-0.05, 0) is 49.4 Å². The highest BCUT2D eigenvalue weighted by atomic mass is 35.5. The van der Waals surface area contributed by atoms with E-state index < -0.39 is 6.04 Å². The first-order valence-electron chi connectivity index (χ1n) is 10.9. The standard InChI is InChI=1S/C25H30ClFN2O2/c1-18-7-9-19(10-8-18)15-16-29(23(30)17-26)24(20-11-13-21(27)14-12-20)25(31)28-22-5-3-2-4-6-22/h7-14,22,24H,2-6,15-17H2,1H3,(H,28,31)/t24-/m1/s1. The number of nitrogens with zero attached hydrogens (tertiary/aromatic N) is 1. The Morgan fingerprint density at radius 3 is 2.32 bits per heavy atom. The average molecular weight is 445 g/mol. The molecule has 3 rings (SSSR count). The number of carbonyl (C=O) groups excluding carboxylic acids is 2. The number of amides is 2. The summed E-state index contributed by atoms with van der Waals surface area (Å²) < 4.78 is 13.5. The van der Waals surface area contributed by atoms with Gasteiger partial charge in [0.25, 0.3) is 0 Å². The Balaban J connectivity index is 1.85. The van der Waals surface area contributed by atoms with Crippen LogP contribution < -0.4 is 5.32 Å². The number of halogens is 2. The molecule has 0 aromatic heterocycles. The van der Waals surface area contributed by atoms with Gasteiger partial charge in [0.15, 0.2) is 0 Å². The molecule has 31 heavy (non-hydrogen) atoms. The monoisotopic (exact) mass is 444 g/mol. The summed E-state index contributed by atoms with van der Waals surface area (Å²) in [4.78, 5) is 27.7. The van der Waals surface area contributed by atoms with Gasteiger partial charge in [-0.15, -0.1) is 11.6 Å². The lowest BCUT2D eigenvalue weighted by molar-refractivity contribution is -0.139. The maximum Gasteiger partial charge on any atom is 0.247 e. The van der Waals surface area contributed by atoms with Crippen molar-refractivity contribution < 1.29 is 14.0 Å². The van der Waals surface area contributed by atoms with Crippen LogP contribution in [-0.2, 0) is 16.0 Å². The minimum Gasteiger partial charge on any atom is -0.351 e. The van der Waals surface area contributed by atoms with Crippen LogP contribution in [0.3, 0.4) is 0 Å². The van der Waals surface area contributed by atoms with Crippen LogP contribution in [0.25, 0.3) is 0 Å². The van der Waals surface area contributed by atoms with Gasteiger partial charge in [-0.3, -0.25) is 9.59 Å². The van der Waals surface area contributed by atoms with E-state index in [1.807, 2.05) is 31.2 Å². The van der Waals surface area contributed by atoms with Crippen molar-refractivity contribution in [1.82, 2.24) is 10.2 Å². The summed E-state index contributed by atoms with van der Waals surface area (Å²) in [5, 5.41) is 3.13. The van der Waals surface area contributed by atoms with Gasteiger partial charge < -0.3 is 10.2 Å². The molecule has 1 saturated carbocycles. The Bertz CT molecular complexity index is 864. The predicted molar refractivity (Wildman–Crippen MR) is 121 cm³/mol. The molecule has 2 aromatic carbocycles. The maximum absolute atomic E-state index is 13.5. The molecule has 0 spiro atoms. The molecule has 2 amide bonds. The first-order valence-corrected chi connectivity index (χ1v) is 11.5. The molecule has 0 bridgehead atoms. The lowest BCUT2D eigenvalue weighted by atomic mass is 9.94. The number of alkyl halides is 1. The molecule has 0 saturated heterocycles. The number of carbonyl (C=O) groups is 2. The Hall–Kier alpha value is -2.40. The number of nitrogens with one attached hydrogen (secondary N) is 1. The van der Waals surface area contributed by atoms with Crippen molar-refractivity contribution in [2.24, 2.45) is 0 Å². The molecule has 0 heterocycles. The van der Waals surface area contributed by atoms with E-state index in [0.717, 1.165) is 36.8 Å². The summed E-state index contributed by atoms with van der Waals surface area (Å²) in [7, 11) is 0. The van der Waals surface area contributed by atoms with E-state index in [-0.39, 0.29) is 29.6 Å². The van der Waals surface area contributed by atoms with Gasteiger partial charge in [0, 0.05) is 12.6 Å². The summed E-state index contributed by atoms with van der Waals surface area (Å²) >= 11 is 5.92. The molecule has 166 valence electrons. The van der Waals surface area contributed by atoms with Gasteiger partial charge >= 0.3 is 0 Å². The van der Waals surface area contributed by atoms with Gasteiger partial charge in [-0.2, -0.15) is 0 Å². The highest BCUT2D eigenvalue weighted by molar-refractivity contribution is 6.27. The van der Waals surface area contributed by atoms with Crippen LogP contribution in [0, 0.1) is 12.7 Å².